The number of aromatic nitrogens is 1. The normalized spacial score (nSPS) is 21.0. The lowest BCUT2D eigenvalue weighted by molar-refractivity contribution is -0.118. The van der Waals surface area contributed by atoms with Crippen molar-refractivity contribution in [2.24, 2.45) is 0 Å². The van der Waals surface area contributed by atoms with Gasteiger partial charge in [0.1, 0.15) is 11.4 Å². The molecule has 0 spiro atoms. The molecule has 1 aromatic heterocycles. The molecule has 6 nitrogen and oxygen atoms in total. The number of amides is 2. The van der Waals surface area contributed by atoms with E-state index in [2.05, 4.69) is 4.98 Å². The van der Waals surface area contributed by atoms with Crippen LogP contribution in [0.3, 0.4) is 0 Å². The summed E-state index contributed by atoms with van der Waals surface area (Å²) < 4.78 is 5.70. The van der Waals surface area contributed by atoms with Gasteiger partial charge in [-0.05, 0) is 52.5 Å². The van der Waals surface area contributed by atoms with Crippen LogP contribution in [0.15, 0.2) is 18.3 Å². The summed E-state index contributed by atoms with van der Waals surface area (Å²) in [7, 11) is 0. The number of anilines is 1. The van der Waals surface area contributed by atoms with E-state index < -0.39 is 5.60 Å². The van der Waals surface area contributed by atoms with Crippen molar-refractivity contribution in [2.45, 2.75) is 77.0 Å². The lowest BCUT2D eigenvalue weighted by Crippen LogP contribution is -2.44. The first-order chi connectivity index (χ1) is 12.4. The van der Waals surface area contributed by atoms with Crippen LogP contribution in [0, 0.1) is 0 Å². The maximum atomic E-state index is 13.0. The molecule has 0 unspecified atom stereocenters. The van der Waals surface area contributed by atoms with Gasteiger partial charge in [-0.3, -0.25) is 9.69 Å². The first-order valence-electron chi connectivity index (χ1n) is 9.59. The fraction of sp³-hybridized carbons (Fsp3) is 0.650. The molecule has 2 heterocycles. The van der Waals surface area contributed by atoms with E-state index in [4.69, 9.17) is 4.74 Å². The van der Waals surface area contributed by atoms with Gasteiger partial charge in [-0.1, -0.05) is 18.9 Å². The molecule has 1 aliphatic carbocycles. The van der Waals surface area contributed by atoms with Crippen LogP contribution in [0.5, 0.6) is 0 Å². The van der Waals surface area contributed by atoms with Crippen LogP contribution in [0.4, 0.5) is 10.6 Å². The molecule has 6 heteroatoms. The fourth-order valence-corrected chi connectivity index (χ4v) is 4.00. The van der Waals surface area contributed by atoms with E-state index in [1.165, 1.54) is 0 Å². The monoisotopic (exact) mass is 359 g/mol. The van der Waals surface area contributed by atoms with Gasteiger partial charge in [0.25, 0.3) is 0 Å². The van der Waals surface area contributed by atoms with Gasteiger partial charge in [-0.25, -0.2) is 9.78 Å². The zero-order valence-corrected chi connectivity index (χ0v) is 16.0. The highest BCUT2D eigenvalue weighted by molar-refractivity contribution is 5.88. The van der Waals surface area contributed by atoms with Gasteiger partial charge in [0.2, 0.25) is 6.41 Å². The Morgan fingerprint density at radius 2 is 2.00 bits per heavy atom. The van der Waals surface area contributed by atoms with Crippen LogP contribution >= 0.6 is 0 Å². The summed E-state index contributed by atoms with van der Waals surface area (Å²) in [5.41, 5.74) is 0.375. The highest BCUT2D eigenvalue weighted by Crippen LogP contribution is 2.38. The molecule has 1 atom stereocenters. The Kier molecular flexibility index (Phi) is 5.49. The second kappa shape index (κ2) is 7.64. The Hall–Kier alpha value is -2.11. The number of rotatable bonds is 4. The van der Waals surface area contributed by atoms with Crippen LogP contribution in [0.25, 0.3) is 0 Å². The van der Waals surface area contributed by atoms with E-state index in [1.807, 2.05) is 37.8 Å². The quantitative estimate of drug-likeness (QED) is 0.761. The highest BCUT2D eigenvalue weighted by Gasteiger charge is 2.36. The van der Waals surface area contributed by atoms with Crippen LogP contribution in [0.2, 0.25) is 0 Å². The summed E-state index contributed by atoms with van der Waals surface area (Å²) >= 11 is 0. The van der Waals surface area contributed by atoms with Gasteiger partial charge in [0.05, 0.1) is 6.04 Å². The average molecular weight is 359 g/mol. The molecule has 0 radical (unpaired) electrons. The number of carbonyl (C=O) groups excluding carboxylic acids is 2. The zero-order chi connectivity index (χ0) is 18.7. The van der Waals surface area contributed by atoms with Crippen molar-refractivity contribution in [3.8, 4) is 0 Å². The van der Waals surface area contributed by atoms with Gasteiger partial charge >= 0.3 is 6.09 Å². The Labute approximate surface area is 155 Å². The summed E-state index contributed by atoms with van der Waals surface area (Å²) in [5, 5.41) is 0. The number of carbonyl (C=O) groups is 2. The first-order valence-corrected chi connectivity index (χ1v) is 9.59. The molecule has 2 amide bonds. The van der Waals surface area contributed by atoms with Gasteiger partial charge in [0.15, 0.2) is 0 Å². The third kappa shape index (κ3) is 4.00. The van der Waals surface area contributed by atoms with Crippen LogP contribution in [-0.4, -0.2) is 40.6 Å². The Bertz CT molecular complexity index is 650. The number of likely N-dealkylation sites (tertiary alicyclic amines) is 1. The van der Waals surface area contributed by atoms with Gasteiger partial charge in [-0.2, -0.15) is 0 Å². The average Bonchev–Trinajstić information content (AvgIpc) is 3.25. The molecule has 0 bridgehead atoms. The van der Waals surface area contributed by atoms with E-state index in [0.29, 0.717) is 5.82 Å². The van der Waals surface area contributed by atoms with Crippen molar-refractivity contribution in [3.63, 3.8) is 0 Å². The third-order valence-corrected chi connectivity index (χ3v) is 5.11. The lowest BCUT2D eigenvalue weighted by atomic mass is 10.0. The number of hydrogen-bond acceptors (Lipinski definition) is 4. The molecule has 2 fully saturated rings. The largest absolute Gasteiger partial charge is 0.443 e. The Morgan fingerprint density at radius 1 is 1.27 bits per heavy atom. The standard InChI is InChI=1S/C20H29N3O3/c1-20(2,3)26-19(25)23(15-8-4-5-9-15)18-16(10-6-12-21-18)17-11-7-13-22(17)14-24/h6,10,12,14-15,17H,4-5,7-9,11,13H2,1-3H3/t17-/m0/s1. The molecule has 1 aromatic rings. The number of ether oxygens (including phenoxy) is 1. The van der Waals surface area contributed by atoms with Crippen molar-refractivity contribution >= 4 is 18.3 Å². The molecule has 142 valence electrons. The minimum atomic E-state index is -0.564. The smallest absolute Gasteiger partial charge is 0.416 e. The molecular weight excluding hydrogens is 330 g/mol. The molecule has 2 aliphatic rings. The van der Waals surface area contributed by atoms with Crippen LogP contribution in [-0.2, 0) is 9.53 Å². The SMILES string of the molecule is CC(C)(C)OC(=O)N(c1ncccc1[C@@H]1CCCN1C=O)C1CCCC1. The highest BCUT2D eigenvalue weighted by atomic mass is 16.6. The molecule has 3 rings (SSSR count). The predicted octanol–water partition coefficient (Wildman–Crippen LogP) is 4.06. The Morgan fingerprint density at radius 3 is 2.65 bits per heavy atom. The first kappa shape index (κ1) is 18.7. The maximum Gasteiger partial charge on any atom is 0.416 e. The van der Waals surface area contributed by atoms with Crippen molar-refractivity contribution in [2.75, 3.05) is 11.4 Å². The Balaban J connectivity index is 1.98. The summed E-state index contributed by atoms with van der Waals surface area (Å²) in [6, 6.07) is 3.94. The van der Waals surface area contributed by atoms with Gasteiger partial charge in [-0.15, -0.1) is 0 Å². The van der Waals surface area contributed by atoms with Gasteiger partial charge < -0.3 is 9.64 Å². The van der Waals surface area contributed by atoms with E-state index in [-0.39, 0.29) is 18.2 Å². The molecule has 1 saturated heterocycles. The lowest BCUT2D eigenvalue weighted by Gasteiger charge is -2.33. The van der Waals surface area contributed by atoms with E-state index in [0.717, 1.165) is 57.0 Å². The second-order valence-electron chi connectivity index (χ2n) is 8.21. The summed E-state index contributed by atoms with van der Waals surface area (Å²) in [6.07, 6.45) is 8.26. The molecule has 26 heavy (non-hydrogen) atoms. The predicted molar refractivity (Wildman–Crippen MR) is 100.0 cm³/mol. The second-order valence-corrected chi connectivity index (χ2v) is 8.21. The molecule has 0 N–H and O–H groups in total. The minimum absolute atomic E-state index is 0.0254. The number of pyridine rings is 1. The van der Waals surface area contributed by atoms with E-state index in [9.17, 15) is 9.59 Å². The van der Waals surface area contributed by atoms with E-state index in [1.54, 1.807) is 11.1 Å². The van der Waals surface area contributed by atoms with Gasteiger partial charge in [0, 0.05) is 24.3 Å². The molecule has 0 aromatic carbocycles. The molecule has 1 aliphatic heterocycles. The van der Waals surface area contributed by atoms with Crippen molar-refractivity contribution in [1.82, 2.24) is 9.88 Å². The van der Waals surface area contributed by atoms with Crippen LogP contribution < -0.4 is 4.90 Å². The van der Waals surface area contributed by atoms with Crippen molar-refractivity contribution < 1.29 is 14.3 Å². The minimum Gasteiger partial charge on any atom is -0.443 e. The topological polar surface area (TPSA) is 62.7 Å². The summed E-state index contributed by atoms with van der Waals surface area (Å²) in [4.78, 5) is 32.6. The molecule has 1 saturated carbocycles. The fourth-order valence-electron chi connectivity index (χ4n) is 4.00. The van der Waals surface area contributed by atoms with Crippen LogP contribution in [0.1, 0.15) is 70.9 Å². The molecular formula is C20H29N3O3. The van der Waals surface area contributed by atoms with Crippen molar-refractivity contribution in [1.29, 1.82) is 0 Å². The zero-order valence-electron chi connectivity index (χ0n) is 16.0. The van der Waals surface area contributed by atoms with Crippen molar-refractivity contribution in [3.05, 3.63) is 23.9 Å². The summed E-state index contributed by atoms with van der Waals surface area (Å²) in [5.74, 6) is 0.646. The summed E-state index contributed by atoms with van der Waals surface area (Å²) in [6.45, 7) is 6.38. The number of hydrogen-bond donors (Lipinski definition) is 0. The van der Waals surface area contributed by atoms with E-state index >= 15 is 0 Å². The third-order valence-electron chi connectivity index (χ3n) is 5.11. The number of nitrogens with zero attached hydrogens (tertiary/aromatic N) is 3. The maximum absolute atomic E-state index is 13.0.